The van der Waals surface area contributed by atoms with Crippen molar-refractivity contribution in [3.63, 3.8) is 0 Å². The lowest BCUT2D eigenvalue weighted by molar-refractivity contribution is -0.131. The molecule has 3 atom stereocenters. The van der Waals surface area contributed by atoms with Crippen LogP contribution in [0.25, 0.3) is 0 Å². The predicted octanol–water partition coefficient (Wildman–Crippen LogP) is 5.26. The Morgan fingerprint density at radius 3 is 2.24 bits per heavy atom. The molecule has 2 aliphatic carbocycles. The third-order valence-electron chi connectivity index (χ3n) is 5.02. The van der Waals surface area contributed by atoms with E-state index in [0.29, 0.717) is 5.75 Å². The summed E-state index contributed by atoms with van der Waals surface area (Å²) >= 11 is 2.04. The van der Waals surface area contributed by atoms with Crippen molar-refractivity contribution < 1.29 is 9.53 Å². The molecule has 4 rings (SSSR count). The van der Waals surface area contributed by atoms with Crippen LogP contribution in [0, 0.1) is 11.8 Å². The molecular weight excluding hydrogens is 328 g/mol. The summed E-state index contributed by atoms with van der Waals surface area (Å²) in [6.07, 6.45) is 8.40. The maximum Gasteiger partial charge on any atom is 0.308 e. The molecule has 0 radical (unpaired) electrons. The summed E-state index contributed by atoms with van der Waals surface area (Å²) in [7, 11) is 0. The SMILES string of the molecule is CC(=O)Oc1ccc(Cc2ccc(SC3CC4C=CC3C4)cc2)cc1. The van der Waals surface area contributed by atoms with Gasteiger partial charge in [0.05, 0.1) is 0 Å². The minimum absolute atomic E-state index is 0.285. The van der Waals surface area contributed by atoms with Gasteiger partial charge in [0.2, 0.25) is 0 Å². The molecule has 3 heteroatoms. The van der Waals surface area contributed by atoms with E-state index in [1.54, 1.807) is 0 Å². The van der Waals surface area contributed by atoms with Crippen LogP contribution in [0.1, 0.15) is 30.9 Å². The van der Waals surface area contributed by atoms with Gasteiger partial charge in [0.1, 0.15) is 5.75 Å². The van der Waals surface area contributed by atoms with E-state index in [9.17, 15) is 4.79 Å². The summed E-state index contributed by atoms with van der Waals surface area (Å²) in [5.74, 6) is 1.93. The lowest BCUT2D eigenvalue weighted by Crippen LogP contribution is -2.08. The van der Waals surface area contributed by atoms with E-state index in [1.165, 1.54) is 35.8 Å². The van der Waals surface area contributed by atoms with E-state index >= 15 is 0 Å². The second-order valence-corrected chi connectivity index (χ2v) is 8.31. The number of rotatable bonds is 5. The van der Waals surface area contributed by atoms with Crippen LogP contribution in [0.2, 0.25) is 0 Å². The van der Waals surface area contributed by atoms with Crippen molar-refractivity contribution in [1.29, 1.82) is 0 Å². The van der Waals surface area contributed by atoms with Gasteiger partial charge in [-0.1, -0.05) is 36.4 Å². The first-order chi connectivity index (χ1) is 12.2. The predicted molar refractivity (Wildman–Crippen MR) is 102 cm³/mol. The van der Waals surface area contributed by atoms with Gasteiger partial charge in [-0.25, -0.2) is 0 Å². The summed E-state index contributed by atoms with van der Waals surface area (Å²) < 4.78 is 5.07. The molecule has 128 valence electrons. The molecule has 1 saturated carbocycles. The van der Waals surface area contributed by atoms with Crippen LogP contribution in [0.3, 0.4) is 0 Å². The van der Waals surface area contributed by atoms with Crippen molar-refractivity contribution in [3.05, 3.63) is 71.8 Å². The highest BCUT2D eigenvalue weighted by Crippen LogP contribution is 2.47. The highest BCUT2D eigenvalue weighted by molar-refractivity contribution is 8.00. The van der Waals surface area contributed by atoms with Crippen molar-refractivity contribution >= 4 is 17.7 Å². The Bertz CT molecular complexity index is 777. The van der Waals surface area contributed by atoms with Gasteiger partial charge in [-0.3, -0.25) is 4.79 Å². The number of benzene rings is 2. The van der Waals surface area contributed by atoms with Crippen molar-refractivity contribution in [2.45, 2.75) is 36.3 Å². The van der Waals surface area contributed by atoms with Gasteiger partial charge in [-0.15, -0.1) is 11.8 Å². The maximum absolute atomic E-state index is 11.0. The van der Waals surface area contributed by atoms with Gasteiger partial charge in [0.15, 0.2) is 0 Å². The molecule has 0 amide bonds. The van der Waals surface area contributed by atoms with E-state index in [1.807, 2.05) is 36.0 Å². The fraction of sp³-hybridized carbons (Fsp3) is 0.318. The number of carbonyl (C=O) groups excluding carboxylic acids is 1. The summed E-state index contributed by atoms with van der Waals surface area (Å²) in [4.78, 5) is 12.3. The molecule has 2 nitrogen and oxygen atoms in total. The van der Waals surface area contributed by atoms with Crippen LogP contribution in [0.5, 0.6) is 5.75 Å². The Hall–Kier alpha value is -2.00. The van der Waals surface area contributed by atoms with Crippen LogP contribution in [-0.4, -0.2) is 11.2 Å². The minimum Gasteiger partial charge on any atom is -0.427 e. The molecule has 0 N–H and O–H groups in total. The molecular formula is C22H22O2S. The Morgan fingerprint density at radius 1 is 1.00 bits per heavy atom. The number of ether oxygens (including phenoxy) is 1. The highest BCUT2D eigenvalue weighted by Gasteiger charge is 2.35. The first-order valence-electron chi connectivity index (χ1n) is 8.87. The van der Waals surface area contributed by atoms with Gasteiger partial charge in [-0.05, 0) is 66.5 Å². The monoisotopic (exact) mass is 350 g/mol. The Labute approximate surface area is 153 Å². The number of hydrogen-bond donors (Lipinski definition) is 0. The molecule has 2 bridgehead atoms. The normalized spacial score (nSPS) is 23.8. The quantitative estimate of drug-likeness (QED) is 0.418. The molecule has 2 aromatic carbocycles. The Kier molecular flexibility index (Phi) is 4.67. The lowest BCUT2D eigenvalue weighted by Gasteiger charge is -2.17. The summed E-state index contributed by atoms with van der Waals surface area (Å²) in [6.45, 7) is 1.42. The maximum atomic E-state index is 11.0. The van der Waals surface area contributed by atoms with E-state index in [4.69, 9.17) is 4.74 Å². The van der Waals surface area contributed by atoms with Crippen molar-refractivity contribution in [2.75, 3.05) is 0 Å². The van der Waals surface area contributed by atoms with Gasteiger partial charge in [0.25, 0.3) is 0 Å². The first kappa shape index (κ1) is 16.5. The molecule has 0 spiro atoms. The summed E-state index contributed by atoms with van der Waals surface area (Å²) in [5.41, 5.74) is 2.52. The standard InChI is InChI=1S/C22H22O2S/c1-15(23)24-20-8-3-16(4-9-20)12-17-5-10-21(11-6-17)25-22-14-18-2-7-19(22)13-18/h2-11,18-19,22H,12-14H2,1H3. The molecule has 2 aromatic rings. The fourth-order valence-corrected chi connectivity index (χ4v) is 5.17. The zero-order valence-corrected chi connectivity index (χ0v) is 15.2. The van der Waals surface area contributed by atoms with Crippen LogP contribution in [-0.2, 0) is 11.2 Å². The molecule has 3 unspecified atom stereocenters. The van der Waals surface area contributed by atoms with Gasteiger partial charge in [0, 0.05) is 17.1 Å². The second kappa shape index (κ2) is 7.09. The third kappa shape index (κ3) is 3.98. The Morgan fingerprint density at radius 2 is 1.68 bits per heavy atom. The second-order valence-electron chi connectivity index (χ2n) is 6.99. The molecule has 0 heterocycles. The largest absolute Gasteiger partial charge is 0.427 e. The number of carbonyl (C=O) groups is 1. The average Bonchev–Trinajstić information content (AvgIpc) is 3.21. The van der Waals surface area contributed by atoms with Crippen LogP contribution in [0.4, 0.5) is 0 Å². The third-order valence-corrected chi connectivity index (χ3v) is 6.41. The van der Waals surface area contributed by atoms with Crippen LogP contribution >= 0.6 is 11.8 Å². The van der Waals surface area contributed by atoms with Gasteiger partial charge in [-0.2, -0.15) is 0 Å². The van der Waals surface area contributed by atoms with E-state index in [-0.39, 0.29) is 5.97 Å². The van der Waals surface area contributed by atoms with E-state index in [2.05, 4.69) is 36.4 Å². The topological polar surface area (TPSA) is 26.3 Å². The lowest BCUT2D eigenvalue weighted by atomic mass is 10.1. The molecule has 0 aromatic heterocycles. The number of fused-ring (bicyclic) bond motifs is 2. The van der Waals surface area contributed by atoms with Crippen LogP contribution in [0.15, 0.2) is 65.6 Å². The number of thioether (sulfide) groups is 1. The molecule has 1 fully saturated rings. The van der Waals surface area contributed by atoms with Crippen molar-refractivity contribution in [2.24, 2.45) is 11.8 Å². The number of hydrogen-bond acceptors (Lipinski definition) is 3. The van der Waals surface area contributed by atoms with Crippen LogP contribution < -0.4 is 4.74 Å². The molecule has 2 aliphatic rings. The van der Waals surface area contributed by atoms with Gasteiger partial charge >= 0.3 is 5.97 Å². The molecule has 25 heavy (non-hydrogen) atoms. The molecule has 0 aliphatic heterocycles. The average molecular weight is 350 g/mol. The van der Waals surface area contributed by atoms with E-state index < -0.39 is 0 Å². The zero-order chi connectivity index (χ0) is 17.2. The van der Waals surface area contributed by atoms with Crippen molar-refractivity contribution in [3.8, 4) is 5.75 Å². The zero-order valence-electron chi connectivity index (χ0n) is 14.4. The smallest absolute Gasteiger partial charge is 0.308 e. The molecule has 0 saturated heterocycles. The fourth-order valence-electron chi connectivity index (χ4n) is 3.80. The minimum atomic E-state index is -0.285. The Balaban J connectivity index is 1.35. The van der Waals surface area contributed by atoms with Gasteiger partial charge < -0.3 is 4.74 Å². The van der Waals surface area contributed by atoms with Crippen molar-refractivity contribution in [1.82, 2.24) is 0 Å². The number of allylic oxidation sites excluding steroid dienone is 2. The summed E-state index contributed by atoms with van der Waals surface area (Å²) in [6, 6.07) is 16.7. The number of esters is 1. The first-order valence-corrected chi connectivity index (χ1v) is 9.75. The highest BCUT2D eigenvalue weighted by atomic mass is 32.2. The summed E-state index contributed by atoms with van der Waals surface area (Å²) in [5, 5.41) is 0.759. The van der Waals surface area contributed by atoms with E-state index in [0.717, 1.165) is 23.5 Å².